The molecule has 0 saturated heterocycles. The molecule has 3 rings (SSSR count). The minimum absolute atomic E-state index is 0.00972. The minimum atomic E-state index is -1.32. The second-order valence-electron chi connectivity index (χ2n) is 7.16. The first-order chi connectivity index (χ1) is 15.3. The number of hydrogen-bond acceptors (Lipinski definition) is 6. The molecule has 0 aliphatic carbocycles. The van der Waals surface area contributed by atoms with Crippen LogP contribution in [-0.4, -0.2) is 53.3 Å². The Labute approximate surface area is 184 Å². The lowest BCUT2D eigenvalue weighted by Crippen LogP contribution is -2.50. The van der Waals surface area contributed by atoms with E-state index in [-0.39, 0.29) is 17.5 Å². The van der Waals surface area contributed by atoms with Crippen LogP contribution >= 0.6 is 0 Å². The highest BCUT2D eigenvalue weighted by Gasteiger charge is 2.44. The Morgan fingerprint density at radius 2 is 1.50 bits per heavy atom. The van der Waals surface area contributed by atoms with Gasteiger partial charge in [0.1, 0.15) is 6.04 Å². The fourth-order valence-corrected chi connectivity index (χ4v) is 3.33. The van der Waals surface area contributed by atoms with Crippen molar-refractivity contribution in [3.05, 3.63) is 71.3 Å². The van der Waals surface area contributed by atoms with Crippen molar-refractivity contribution in [1.29, 1.82) is 0 Å². The zero-order valence-corrected chi connectivity index (χ0v) is 17.7. The average molecular weight is 437 g/mol. The molecule has 9 nitrogen and oxygen atoms in total. The Bertz CT molecular complexity index is 1020. The molecule has 0 saturated carbocycles. The van der Waals surface area contributed by atoms with E-state index in [4.69, 9.17) is 4.74 Å². The van der Waals surface area contributed by atoms with Crippen LogP contribution in [0, 0.1) is 0 Å². The third-order valence-electron chi connectivity index (χ3n) is 4.92. The Morgan fingerprint density at radius 3 is 2.06 bits per heavy atom. The van der Waals surface area contributed by atoms with Gasteiger partial charge >= 0.3 is 12.0 Å². The molecule has 0 bridgehead atoms. The number of urea groups is 1. The van der Waals surface area contributed by atoms with Crippen molar-refractivity contribution in [2.75, 3.05) is 6.54 Å². The Morgan fingerprint density at radius 1 is 0.938 bits per heavy atom. The first kappa shape index (κ1) is 22.7. The van der Waals surface area contributed by atoms with Gasteiger partial charge in [0.15, 0.2) is 6.10 Å². The fourth-order valence-electron chi connectivity index (χ4n) is 3.33. The molecule has 9 heteroatoms. The predicted molar refractivity (Wildman–Crippen MR) is 114 cm³/mol. The van der Waals surface area contributed by atoms with E-state index >= 15 is 0 Å². The second kappa shape index (κ2) is 9.86. The highest BCUT2D eigenvalue weighted by molar-refractivity contribution is 6.22. The average Bonchev–Trinajstić information content (AvgIpc) is 3.03. The van der Waals surface area contributed by atoms with Crippen molar-refractivity contribution in [3.8, 4) is 0 Å². The molecule has 1 aliphatic heterocycles. The van der Waals surface area contributed by atoms with Crippen LogP contribution in [0.2, 0.25) is 0 Å². The number of carbonyl (C=O) groups excluding carboxylic acids is 5. The molecule has 32 heavy (non-hydrogen) atoms. The van der Waals surface area contributed by atoms with Gasteiger partial charge in [-0.2, -0.15) is 0 Å². The van der Waals surface area contributed by atoms with E-state index in [1.165, 1.54) is 19.1 Å². The van der Waals surface area contributed by atoms with Gasteiger partial charge in [0.25, 0.3) is 17.7 Å². The maximum Gasteiger partial charge on any atom is 0.330 e. The number of imide groups is 2. The fraction of sp³-hybridized carbons (Fsp3) is 0.261. The molecule has 1 aliphatic rings. The number of benzene rings is 2. The van der Waals surface area contributed by atoms with Gasteiger partial charge in [0.05, 0.1) is 11.1 Å². The highest BCUT2D eigenvalue weighted by Crippen LogP contribution is 2.26. The lowest BCUT2D eigenvalue weighted by atomic mass is 10.0. The van der Waals surface area contributed by atoms with Crippen LogP contribution in [0.25, 0.3) is 0 Å². The van der Waals surface area contributed by atoms with Crippen molar-refractivity contribution in [3.63, 3.8) is 0 Å². The van der Waals surface area contributed by atoms with Gasteiger partial charge in [-0.1, -0.05) is 42.5 Å². The summed E-state index contributed by atoms with van der Waals surface area (Å²) in [6, 6.07) is 13.1. The van der Waals surface area contributed by atoms with Crippen molar-refractivity contribution < 1.29 is 28.7 Å². The van der Waals surface area contributed by atoms with Crippen LogP contribution in [-0.2, 0) is 20.7 Å². The summed E-state index contributed by atoms with van der Waals surface area (Å²) in [6.45, 7) is 3.30. The Balaban J connectivity index is 1.83. The normalized spacial score (nSPS) is 14.4. The summed E-state index contributed by atoms with van der Waals surface area (Å²) in [5.41, 5.74) is 1.10. The summed E-state index contributed by atoms with van der Waals surface area (Å²) < 4.78 is 5.26. The first-order valence-electron chi connectivity index (χ1n) is 10.1. The van der Waals surface area contributed by atoms with E-state index < -0.39 is 41.9 Å². The van der Waals surface area contributed by atoms with Crippen molar-refractivity contribution in [1.82, 2.24) is 15.5 Å². The molecule has 0 radical (unpaired) electrons. The minimum Gasteiger partial charge on any atom is -0.451 e. The molecular formula is C23H23N3O6. The molecule has 2 aromatic rings. The molecule has 166 valence electrons. The van der Waals surface area contributed by atoms with Gasteiger partial charge in [-0.15, -0.1) is 0 Å². The summed E-state index contributed by atoms with van der Waals surface area (Å²) in [5.74, 6) is -2.97. The molecule has 1 heterocycles. The number of nitrogens with zero attached hydrogens (tertiary/aromatic N) is 1. The number of esters is 1. The predicted octanol–water partition coefficient (Wildman–Crippen LogP) is 1.67. The summed E-state index contributed by atoms with van der Waals surface area (Å²) in [5, 5.41) is 4.46. The second-order valence-corrected chi connectivity index (χ2v) is 7.16. The molecule has 0 fully saturated rings. The third-order valence-corrected chi connectivity index (χ3v) is 4.92. The van der Waals surface area contributed by atoms with Gasteiger partial charge < -0.3 is 10.1 Å². The first-order valence-corrected chi connectivity index (χ1v) is 10.1. The SMILES string of the molecule is CCNC(=O)NC(=O)C(C)OC(=O)C(Cc1ccccc1)N1C(=O)c2ccccc2C1=O. The van der Waals surface area contributed by atoms with E-state index in [0.717, 1.165) is 4.90 Å². The smallest absolute Gasteiger partial charge is 0.330 e. The number of hydrogen-bond donors (Lipinski definition) is 2. The summed E-state index contributed by atoms with van der Waals surface area (Å²) in [7, 11) is 0. The van der Waals surface area contributed by atoms with E-state index in [0.29, 0.717) is 12.1 Å². The molecule has 0 spiro atoms. The van der Waals surface area contributed by atoms with Gasteiger partial charge in [-0.25, -0.2) is 9.59 Å². The summed E-state index contributed by atoms with van der Waals surface area (Å²) >= 11 is 0. The number of amides is 5. The van der Waals surface area contributed by atoms with Gasteiger partial charge in [0.2, 0.25) is 0 Å². The lowest BCUT2D eigenvalue weighted by Gasteiger charge is -2.26. The molecule has 2 N–H and O–H groups in total. The quantitative estimate of drug-likeness (QED) is 0.502. The van der Waals surface area contributed by atoms with Crippen LogP contribution in [0.15, 0.2) is 54.6 Å². The van der Waals surface area contributed by atoms with Crippen LogP contribution in [0.5, 0.6) is 0 Å². The highest BCUT2D eigenvalue weighted by atomic mass is 16.5. The largest absolute Gasteiger partial charge is 0.451 e. The molecule has 2 unspecified atom stereocenters. The Hall–Kier alpha value is -4.01. The summed E-state index contributed by atoms with van der Waals surface area (Å²) in [4.78, 5) is 63.5. The van der Waals surface area contributed by atoms with E-state index in [2.05, 4.69) is 10.6 Å². The van der Waals surface area contributed by atoms with Gasteiger partial charge in [-0.3, -0.25) is 24.6 Å². The molecule has 0 aromatic heterocycles. The van der Waals surface area contributed by atoms with Crippen molar-refractivity contribution in [2.45, 2.75) is 32.4 Å². The van der Waals surface area contributed by atoms with Crippen molar-refractivity contribution in [2.24, 2.45) is 0 Å². The van der Waals surface area contributed by atoms with Gasteiger partial charge in [0, 0.05) is 13.0 Å². The number of rotatable bonds is 7. The zero-order chi connectivity index (χ0) is 23.3. The maximum atomic E-state index is 13.1. The Kier molecular flexibility index (Phi) is 6.99. The van der Waals surface area contributed by atoms with Crippen LogP contribution in [0.1, 0.15) is 40.1 Å². The molecule has 2 aromatic carbocycles. The standard InChI is InChI=1S/C23H23N3O6/c1-3-24-23(31)25-19(27)14(2)32-22(30)18(13-15-9-5-4-6-10-15)26-20(28)16-11-7-8-12-17(16)21(26)29/h4-12,14,18H,3,13H2,1-2H3,(H2,24,25,27,31). The molecule has 2 atom stereocenters. The topological polar surface area (TPSA) is 122 Å². The number of fused-ring (bicyclic) bond motifs is 1. The lowest BCUT2D eigenvalue weighted by molar-refractivity contribution is -0.158. The van der Waals surface area contributed by atoms with E-state index in [9.17, 15) is 24.0 Å². The van der Waals surface area contributed by atoms with Crippen LogP contribution in [0.3, 0.4) is 0 Å². The molecular weight excluding hydrogens is 414 g/mol. The number of nitrogens with one attached hydrogen (secondary N) is 2. The summed E-state index contributed by atoms with van der Waals surface area (Å²) in [6.07, 6.45) is -1.31. The maximum absolute atomic E-state index is 13.1. The van der Waals surface area contributed by atoms with E-state index in [1.54, 1.807) is 49.4 Å². The van der Waals surface area contributed by atoms with Crippen LogP contribution < -0.4 is 10.6 Å². The van der Waals surface area contributed by atoms with Crippen molar-refractivity contribution >= 4 is 29.7 Å². The molecule has 5 amide bonds. The number of carbonyl (C=O) groups is 5. The van der Waals surface area contributed by atoms with Crippen LogP contribution in [0.4, 0.5) is 4.79 Å². The monoisotopic (exact) mass is 437 g/mol. The third kappa shape index (κ3) is 4.83. The van der Waals surface area contributed by atoms with Gasteiger partial charge in [-0.05, 0) is 31.5 Å². The van der Waals surface area contributed by atoms with E-state index in [1.807, 2.05) is 0 Å². The zero-order valence-electron chi connectivity index (χ0n) is 17.7. The number of ether oxygens (including phenoxy) is 1.